The van der Waals surface area contributed by atoms with Crippen LogP contribution in [0.2, 0.25) is 0 Å². The lowest BCUT2D eigenvalue weighted by Gasteiger charge is -2.41. The van der Waals surface area contributed by atoms with Crippen molar-refractivity contribution in [1.82, 2.24) is 0 Å². The maximum Gasteiger partial charge on any atom is 0.333 e. The van der Waals surface area contributed by atoms with Crippen molar-refractivity contribution in [3.8, 4) is 0 Å². The molecular formula is C20H16ClF5O4. The Morgan fingerprint density at radius 2 is 1.73 bits per heavy atom. The van der Waals surface area contributed by atoms with Gasteiger partial charge in [0.25, 0.3) is 0 Å². The number of rotatable bonds is 7. The molecule has 1 N–H and O–H groups in total. The van der Waals surface area contributed by atoms with Crippen molar-refractivity contribution in [1.29, 1.82) is 0 Å². The quantitative estimate of drug-likeness (QED) is 0.214. The van der Waals surface area contributed by atoms with Crippen LogP contribution in [0.25, 0.3) is 0 Å². The molecule has 10 heteroatoms. The Hall–Kier alpha value is -2.52. The standard InChI is InChI=1S/C20H16ClF5O4/c1-4-5-30-20(12-14(22)16(24)18(26)17(25)15(12)23)6-10(8(2)7-27)13(21)11(9(20)3)19(28)29/h4,6-9H,1,5H2,2-3H3,(H,28,29). The minimum absolute atomic E-state index is 0.199. The molecule has 1 aliphatic carbocycles. The molecule has 0 heterocycles. The molecule has 0 saturated heterocycles. The molecular weight excluding hydrogens is 435 g/mol. The summed E-state index contributed by atoms with van der Waals surface area (Å²) in [5.41, 5.74) is -4.70. The van der Waals surface area contributed by atoms with Crippen LogP contribution in [0.5, 0.6) is 0 Å². The molecule has 30 heavy (non-hydrogen) atoms. The van der Waals surface area contributed by atoms with Gasteiger partial charge < -0.3 is 14.6 Å². The first-order valence-electron chi connectivity index (χ1n) is 8.54. The third-order valence-electron chi connectivity index (χ3n) is 4.90. The maximum atomic E-state index is 14.7. The largest absolute Gasteiger partial charge is 0.478 e. The van der Waals surface area contributed by atoms with Crippen LogP contribution in [0.15, 0.2) is 34.9 Å². The average molecular weight is 451 g/mol. The fraction of sp³-hybridized carbons (Fsp3) is 0.300. The van der Waals surface area contributed by atoms with Gasteiger partial charge in [-0.15, -0.1) is 6.58 Å². The number of carboxylic acid groups (broad SMARTS) is 1. The summed E-state index contributed by atoms with van der Waals surface area (Å²) < 4.78 is 76.5. The number of carbonyl (C=O) groups excluding carboxylic acids is 1. The molecule has 0 amide bonds. The Morgan fingerprint density at radius 3 is 2.17 bits per heavy atom. The second-order valence-corrected chi connectivity index (χ2v) is 6.99. The van der Waals surface area contributed by atoms with E-state index in [2.05, 4.69) is 6.58 Å². The van der Waals surface area contributed by atoms with E-state index in [0.717, 1.165) is 19.1 Å². The van der Waals surface area contributed by atoms with E-state index in [1.807, 2.05) is 0 Å². The SMILES string of the molecule is C=CCOC1(c2c(F)c(F)c(F)c(F)c2F)C=C(C(C)C=O)C(Cl)=C(C(=O)O)C1C. The molecule has 0 bridgehead atoms. The number of hydrogen-bond acceptors (Lipinski definition) is 3. The van der Waals surface area contributed by atoms with Gasteiger partial charge in [-0.3, -0.25) is 0 Å². The summed E-state index contributed by atoms with van der Waals surface area (Å²) in [5.74, 6) is -15.4. The highest BCUT2D eigenvalue weighted by molar-refractivity contribution is 6.34. The molecule has 4 nitrogen and oxygen atoms in total. The third-order valence-corrected chi connectivity index (χ3v) is 5.32. The van der Waals surface area contributed by atoms with Crippen molar-refractivity contribution in [2.75, 3.05) is 6.61 Å². The lowest BCUT2D eigenvalue weighted by molar-refractivity contribution is -0.135. The molecule has 3 atom stereocenters. The summed E-state index contributed by atoms with van der Waals surface area (Å²) in [5, 5.41) is 9.23. The van der Waals surface area contributed by atoms with Crippen molar-refractivity contribution < 1.29 is 41.4 Å². The van der Waals surface area contributed by atoms with Crippen LogP contribution in [0.4, 0.5) is 22.0 Å². The van der Waals surface area contributed by atoms with E-state index < -0.39 is 75.3 Å². The minimum atomic E-state index is -2.49. The number of benzene rings is 1. The van der Waals surface area contributed by atoms with E-state index in [9.17, 15) is 36.6 Å². The van der Waals surface area contributed by atoms with E-state index in [-0.39, 0.29) is 5.57 Å². The number of carbonyl (C=O) groups is 2. The highest BCUT2D eigenvalue weighted by Crippen LogP contribution is 2.50. The highest BCUT2D eigenvalue weighted by atomic mass is 35.5. The fourth-order valence-corrected chi connectivity index (χ4v) is 3.81. The molecule has 3 unspecified atom stereocenters. The summed E-state index contributed by atoms with van der Waals surface area (Å²) >= 11 is 6.13. The van der Waals surface area contributed by atoms with Gasteiger partial charge in [-0.2, -0.15) is 0 Å². The second kappa shape index (κ2) is 8.69. The van der Waals surface area contributed by atoms with Gasteiger partial charge in [0.05, 0.1) is 22.8 Å². The Balaban J connectivity index is 3.04. The number of hydrogen-bond donors (Lipinski definition) is 1. The number of carboxylic acids is 1. The molecule has 0 spiro atoms. The Kier molecular flexibility index (Phi) is 6.88. The lowest BCUT2D eigenvalue weighted by Crippen LogP contribution is -2.43. The molecule has 0 saturated carbocycles. The van der Waals surface area contributed by atoms with E-state index in [1.54, 1.807) is 0 Å². The van der Waals surface area contributed by atoms with Gasteiger partial charge in [-0.25, -0.2) is 26.7 Å². The summed E-state index contributed by atoms with van der Waals surface area (Å²) in [4.78, 5) is 23.2. The molecule has 1 aliphatic rings. The Morgan fingerprint density at radius 1 is 1.23 bits per heavy atom. The van der Waals surface area contributed by atoms with Crippen molar-refractivity contribution in [3.63, 3.8) is 0 Å². The van der Waals surface area contributed by atoms with Gasteiger partial charge in [0, 0.05) is 11.8 Å². The predicted molar refractivity (Wildman–Crippen MR) is 97.0 cm³/mol. The molecule has 0 aliphatic heterocycles. The van der Waals surface area contributed by atoms with Gasteiger partial charge >= 0.3 is 5.97 Å². The zero-order chi connectivity index (χ0) is 23.0. The van der Waals surface area contributed by atoms with E-state index in [4.69, 9.17) is 16.3 Å². The smallest absolute Gasteiger partial charge is 0.333 e. The summed E-state index contributed by atoms with van der Waals surface area (Å²) in [6, 6.07) is 0. The number of aldehydes is 1. The fourth-order valence-electron chi connectivity index (χ4n) is 3.34. The van der Waals surface area contributed by atoms with E-state index >= 15 is 0 Å². The first-order valence-corrected chi connectivity index (χ1v) is 8.92. The van der Waals surface area contributed by atoms with Crippen LogP contribution in [-0.2, 0) is 19.9 Å². The number of halogens is 6. The monoisotopic (exact) mass is 450 g/mol. The normalized spacial score (nSPS) is 22.5. The summed E-state index contributed by atoms with van der Waals surface area (Å²) in [7, 11) is 0. The minimum Gasteiger partial charge on any atom is -0.478 e. The van der Waals surface area contributed by atoms with Crippen molar-refractivity contribution in [2.45, 2.75) is 19.4 Å². The highest BCUT2D eigenvalue weighted by Gasteiger charge is 2.51. The number of allylic oxidation sites excluding steroid dienone is 2. The molecule has 0 fully saturated rings. The molecule has 0 aromatic heterocycles. The van der Waals surface area contributed by atoms with E-state index in [1.165, 1.54) is 6.92 Å². The average Bonchev–Trinajstić information content (AvgIpc) is 2.70. The first kappa shape index (κ1) is 23.8. The molecule has 0 radical (unpaired) electrons. The Labute approximate surface area is 173 Å². The van der Waals surface area contributed by atoms with Crippen LogP contribution in [-0.4, -0.2) is 24.0 Å². The second-order valence-electron chi connectivity index (χ2n) is 6.62. The maximum absolute atomic E-state index is 14.7. The van der Waals surface area contributed by atoms with Crippen LogP contribution in [0.3, 0.4) is 0 Å². The van der Waals surface area contributed by atoms with Crippen LogP contribution >= 0.6 is 11.6 Å². The third kappa shape index (κ3) is 3.56. The topological polar surface area (TPSA) is 63.6 Å². The zero-order valence-electron chi connectivity index (χ0n) is 15.7. The van der Waals surface area contributed by atoms with Crippen molar-refractivity contribution >= 4 is 23.9 Å². The van der Waals surface area contributed by atoms with Crippen molar-refractivity contribution in [2.24, 2.45) is 11.8 Å². The van der Waals surface area contributed by atoms with Gasteiger partial charge in [0.15, 0.2) is 23.3 Å². The molecule has 2 rings (SSSR count). The summed E-state index contributed by atoms with van der Waals surface area (Å²) in [6.07, 6.45) is 2.44. The van der Waals surface area contributed by atoms with Gasteiger partial charge in [-0.1, -0.05) is 31.5 Å². The number of ether oxygens (including phenoxy) is 1. The Bertz CT molecular complexity index is 959. The molecule has 1 aromatic carbocycles. The van der Waals surface area contributed by atoms with Crippen LogP contribution in [0.1, 0.15) is 19.4 Å². The van der Waals surface area contributed by atoms with Gasteiger partial charge in [0.2, 0.25) is 5.82 Å². The van der Waals surface area contributed by atoms with Crippen LogP contribution < -0.4 is 0 Å². The van der Waals surface area contributed by atoms with Gasteiger partial charge in [-0.05, 0) is 11.6 Å². The van der Waals surface area contributed by atoms with E-state index in [0.29, 0.717) is 6.29 Å². The molecule has 162 valence electrons. The first-order chi connectivity index (χ1) is 14.0. The number of aliphatic carboxylic acids is 1. The predicted octanol–water partition coefficient (Wildman–Crippen LogP) is 4.77. The van der Waals surface area contributed by atoms with Gasteiger partial charge in [0.1, 0.15) is 11.9 Å². The zero-order valence-corrected chi connectivity index (χ0v) is 16.5. The van der Waals surface area contributed by atoms with Crippen molar-refractivity contribution in [3.05, 3.63) is 69.6 Å². The van der Waals surface area contributed by atoms with Crippen LogP contribution in [0, 0.1) is 40.9 Å². The molecule has 1 aromatic rings. The lowest BCUT2D eigenvalue weighted by atomic mass is 9.71. The summed E-state index contributed by atoms with van der Waals surface area (Å²) in [6.45, 7) is 5.38.